The summed E-state index contributed by atoms with van der Waals surface area (Å²) in [5.74, 6) is -0.854. The zero-order valence-corrected chi connectivity index (χ0v) is 16.0. The number of carbonyl (C=O) groups excluding carboxylic acids is 2. The first-order valence-electron chi connectivity index (χ1n) is 9.10. The smallest absolute Gasteiger partial charge is 0.314 e. The third kappa shape index (κ3) is 6.87. The second kappa shape index (κ2) is 11.1. The van der Waals surface area contributed by atoms with Crippen molar-refractivity contribution in [1.82, 2.24) is 4.90 Å². The molecule has 0 bridgehead atoms. The van der Waals surface area contributed by atoms with Gasteiger partial charge in [0.25, 0.3) is 0 Å². The van der Waals surface area contributed by atoms with Crippen LogP contribution in [0.3, 0.4) is 0 Å². The minimum Gasteiger partial charge on any atom is -0.469 e. The van der Waals surface area contributed by atoms with E-state index in [2.05, 4.69) is 17.0 Å². The molecule has 1 atom stereocenters. The maximum Gasteiger partial charge on any atom is 0.314 e. The maximum atomic E-state index is 12.4. The number of nitrogens with zero attached hydrogens (tertiary/aromatic N) is 1. The van der Waals surface area contributed by atoms with Gasteiger partial charge in [-0.3, -0.25) is 14.5 Å². The molecule has 0 amide bonds. The Morgan fingerprint density at radius 3 is 2.15 bits per heavy atom. The standard InChI is InChI=1S/C22H27NO4/c1-26-21(24)14-9-15-23(16-18-10-5-3-6-11-18)17-20(22(25)27-2)19-12-7-4-8-13-19/h3-8,10-13,20H,9,14-17H2,1-2H3. The molecule has 144 valence electrons. The number of hydrogen-bond donors (Lipinski definition) is 0. The third-order valence-corrected chi connectivity index (χ3v) is 4.46. The van der Waals surface area contributed by atoms with Crippen LogP contribution in [-0.4, -0.2) is 44.1 Å². The average molecular weight is 369 g/mol. The van der Waals surface area contributed by atoms with Gasteiger partial charge in [0.1, 0.15) is 0 Å². The lowest BCUT2D eigenvalue weighted by Gasteiger charge is -2.26. The van der Waals surface area contributed by atoms with Gasteiger partial charge in [0, 0.05) is 19.5 Å². The van der Waals surface area contributed by atoms with E-state index in [0.29, 0.717) is 32.5 Å². The van der Waals surface area contributed by atoms with E-state index in [4.69, 9.17) is 9.47 Å². The fraction of sp³-hybridized carbons (Fsp3) is 0.364. The quantitative estimate of drug-likeness (QED) is 0.601. The summed E-state index contributed by atoms with van der Waals surface area (Å²) in [6.07, 6.45) is 1.03. The van der Waals surface area contributed by atoms with Crippen molar-refractivity contribution < 1.29 is 19.1 Å². The Balaban J connectivity index is 2.13. The largest absolute Gasteiger partial charge is 0.469 e. The molecule has 2 aromatic rings. The molecule has 0 radical (unpaired) electrons. The lowest BCUT2D eigenvalue weighted by Crippen LogP contribution is -2.33. The van der Waals surface area contributed by atoms with Gasteiger partial charge in [-0.15, -0.1) is 0 Å². The Morgan fingerprint density at radius 1 is 0.926 bits per heavy atom. The molecular formula is C22H27NO4. The number of esters is 2. The summed E-state index contributed by atoms with van der Waals surface area (Å²) < 4.78 is 9.76. The first kappa shape index (κ1) is 20.6. The molecule has 0 spiro atoms. The molecule has 0 aromatic heterocycles. The van der Waals surface area contributed by atoms with Gasteiger partial charge >= 0.3 is 11.9 Å². The molecule has 0 aliphatic heterocycles. The second-order valence-electron chi connectivity index (χ2n) is 6.39. The van der Waals surface area contributed by atoms with Crippen molar-refractivity contribution in [3.8, 4) is 0 Å². The van der Waals surface area contributed by atoms with Crippen LogP contribution < -0.4 is 0 Å². The molecule has 5 nitrogen and oxygen atoms in total. The predicted octanol–water partition coefficient (Wildman–Crippen LogP) is 3.40. The summed E-state index contributed by atoms with van der Waals surface area (Å²) in [7, 11) is 2.81. The van der Waals surface area contributed by atoms with Gasteiger partial charge in [0.2, 0.25) is 0 Å². The molecule has 2 aromatic carbocycles. The van der Waals surface area contributed by atoms with Gasteiger partial charge in [0.15, 0.2) is 0 Å². The Kier molecular flexibility index (Phi) is 8.52. The van der Waals surface area contributed by atoms with E-state index >= 15 is 0 Å². The van der Waals surface area contributed by atoms with Crippen LogP contribution >= 0.6 is 0 Å². The van der Waals surface area contributed by atoms with E-state index in [1.807, 2.05) is 48.5 Å². The normalized spacial score (nSPS) is 11.8. The van der Waals surface area contributed by atoms with Crippen LogP contribution in [0.4, 0.5) is 0 Å². The van der Waals surface area contributed by atoms with Crippen molar-refractivity contribution in [2.45, 2.75) is 25.3 Å². The number of carbonyl (C=O) groups is 2. The Bertz CT molecular complexity index is 703. The third-order valence-electron chi connectivity index (χ3n) is 4.46. The van der Waals surface area contributed by atoms with E-state index < -0.39 is 0 Å². The fourth-order valence-corrected chi connectivity index (χ4v) is 3.03. The lowest BCUT2D eigenvalue weighted by molar-refractivity contribution is -0.143. The van der Waals surface area contributed by atoms with Gasteiger partial charge < -0.3 is 9.47 Å². The highest BCUT2D eigenvalue weighted by Gasteiger charge is 2.24. The molecule has 0 aliphatic rings. The minimum atomic E-state index is -0.377. The van der Waals surface area contributed by atoms with Crippen LogP contribution in [0.15, 0.2) is 60.7 Å². The van der Waals surface area contributed by atoms with Crippen molar-refractivity contribution in [2.24, 2.45) is 0 Å². The number of hydrogen-bond acceptors (Lipinski definition) is 5. The van der Waals surface area contributed by atoms with Gasteiger partial charge in [-0.25, -0.2) is 0 Å². The summed E-state index contributed by atoms with van der Waals surface area (Å²) in [5, 5.41) is 0. The SMILES string of the molecule is COC(=O)CCCN(Cc1ccccc1)CC(C(=O)OC)c1ccccc1. The summed E-state index contributed by atoms with van der Waals surface area (Å²) in [6, 6.07) is 19.7. The zero-order chi connectivity index (χ0) is 19.5. The highest BCUT2D eigenvalue weighted by Crippen LogP contribution is 2.20. The lowest BCUT2D eigenvalue weighted by atomic mass is 9.98. The highest BCUT2D eigenvalue weighted by molar-refractivity contribution is 5.78. The summed E-state index contributed by atoms with van der Waals surface area (Å²) in [6.45, 7) is 1.90. The Morgan fingerprint density at radius 2 is 1.56 bits per heavy atom. The van der Waals surface area contributed by atoms with Gasteiger partial charge in [-0.1, -0.05) is 60.7 Å². The molecule has 2 rings (SSSR count). The van der Waals surface area contributed by atoms with E-state index in [0.717, 1.165) is 11.1 Å². The Hall–Kier alpha value is -2.66. The van der Waals surface area contributed by atoms with Crippen LogP contribution in [-0.2, 0) is 25.6 Å². The van der Waals surface area contributed by atoms with Gasteiger partial charge in [-0.05, 0) is 24.1 Å². The van der Waals surface area contributed by atoms with E-state index in [1.165, 1.54) is 14.2 Å². The fourth-order valence-electron chi connectivity index (χ4n) is 3.03. The molecule has 0 fully saturated rings. The van der Waals surface area contributed by atoms with E-state index in [9.17, 15) is 9.59 Å². The minimum absolute atomic E-state index is 0.220. The monoisotopic (exact) mass is 369 g/mol. The van der Waals surface area contributed by atoms with Gasteiger partial charge in [-0.2, -0.15) is 0 Å². The molecule has 0 saturated heterocycles. The number of rotatable bonds is 10. The van der Waals surface area contributed by atoms with Crippen molar-refractivity contribution >= 4 is 11.9 Å². The van der Waals surface area contributed by atoms with Crippen LogP contribution in [0, 0.1) is 0 Å². The maximum absolute atomic E-state index is 12.4. The van der Waals surface area contributed by atoms with Crippen molar-refractivity contribution in [3.05, 3.63) is 71.8 Å². The van der Waals surface area contributed by atoms with Crippen LogP contribution in [0.2, 0.25) is 0 Å². The zero-order valence-electron chi connectivity index (χ0n) is 16.0. The van der Waals surface area contributed by atoms with Crippen LogP contribution in [0.5, 0.6) is 0 Å². The number of ether oxygens (including phenoxy) is 2. The molecule has 0 saturated carbocycles. The summed E-state index contributed by atoms with van der Waals surface area (Å²) >= 11 is 0. The first-order valence-corrected chi connectivity index (χ1v) is 9.10. The summed E-state index contributed by atoms with van der Waals surface area (Å²) in [4.78, 5) is 26.0. The van der Waals surface area contributed by atoms with E-state index in [-0.39, 0.29) is 17.9 Å². The molecule has 1 unspecified atom stereocenters. The molecule has 5 heteroatoms. The summed E-state index contributed by atoms with van der Waals surface area (Å²) in [5.41, 5.74) is 2.09. The van der Waals surface area contributed by atoms with E-state index in [1.54, 1.807) is 0 Å². The van der Waals surface area contributed by atoms with Crippen LogP contribution in [0.1, 0.15) is 29.9 Å². The Labute approximate surface area is 160 Å². The molecule has 0 heterocycles. The first-order chi connectivity index (χ1) is 13.1. The predicted molar refractivity (Wildman–Crippen MR) is 104 cm³/mol. The van der Waals surface area contributed by atoms with Crippen LogP contribution in [0.25, 0.3) is 0 Å². The van der Waals surface area contributed by atoms with Crippen molar-refractivity contribution in [2.75, 3.05) is 27.3 Å². The molecular weight excluding hydrogens is 342 g/mol. The molecule has 0 N–H and O–H groups in total. The van der Waals surface area contributed by atoms with Crippen molar-refractivity contribution in [1.29, 1.82) is 0 Å². The topological polar surface area (TPSA) is 55.8 Å². The highest BCUT2D eigenvalue weighted by atomic mass is 16.5. The van der Waals surface area contributed by atoms with Gasteiger partial charge in [0.05, 0.1) is 20.1 Å². The average Bonchev–Trinajstić information content (AvgIpc) is 2.72. The molecule has 0 aliphatic carbocycles. The van der Waals surface area contributed by atoms with Crippen molar-refractivity contribution in [3.63, 3.8) is 0 Å². The number of methoxy groups -OCH3 is 2. The molecule has 27 heavy (non-hydrogen) atoms. The number of benzene rings is 2. The second-order valence-corrected chi connectivity index (χ2v) is 6.39.